The average Bonchev–Trinajstić information content (AvgIpc) is 2.76. The van der Waals surface area contributed by atoms with Gasteiger partial charge in [0, 0.05) is 26.3 Å². The molecule has 5 nitrogen and oxygen atoms in total. The summed E-state index contributed by atoms with van der Waals surface area (Å²) in [5.74, 6) is 6.63. The molecule has 0 bridgehead atoms. The number of rotatable bonds is 5. The zero-order valence-electron chi connectivity index (χ0n) is 13.1. The second-order valence-corrected chi connectivity index (χ2v) is 6.28. The number of nitrogens with two attached hydrogens (primary N) is 1. The monoisotopic (exact) mass is 280 g/mol. The Kier molecular flexibility index (Phi) is 4.83. The summed E-state index contributed by atoms with van der Waals surface area (Å²) in [5.41, 5.74) is 5.08. The fraction of sp³-hybridized carbons (Fsp3) is 0.800. The maximum absolute atomic E-state index is 5.93. The van der Waals surface area contributed by atoms with Gasteiger partial charge in [-0.15, -0.1) is 0 Å². The normalized spacial score (nSPS) is 28.6. The summed E-state index contributed by atoms with van der Waals surface area (Å²) >= 11 is 0. The van der Waals surface area contributed by atoms with Gasteiger partial charge in [0.05, 0.1) is 17.3 Å². The summed E-state index contributed by atoms with van der Waals surface area (Å²) in [6, 6.07) is 2.24. The van der Waals surface area contributed by atoms with Crippen LogP contribution in [0.5, 0.6) is 0 Å². The second kappa shape index (κ2) is 6.24. The van der Waals surface area contributed by atoms with Crippen LogP contribution in [-0.4, -0.2) is 28.5 Å². The molecule has 0 radical (unpaired) electrons. The standard InChI is InChI=1S/C15H28N4O/c1-11-5-7-15(20-4,8-6-11)14(17-16)10-13-9-12(2)18-19(13)3/h9,11,14,17H,5-8,10,16H2,1-4H3. The van der Waals surface area contributed by atoms with Crippen LogP contribution in [-0.2, 0) is 18.2 Å². The first-order chi connectivity index (χ1) is 9.50. The SMILES string of the molecule is COC1(C(Cc2cc(C)nn2C)NN)CCC(C)CC1. The van der Waals surface area contributed by atoms with Gasteiger partial charge >= 0.3 is 0 Å². The first-order valence-electron chi connectivity index (χ1n) is 7.51. The van der Waals surface area contributed by atoms with Crippen LogP contribution in [0.1, 0.15) is 44.0 Å². The average molecular weight is 280 g/mol. The lowest BCUT2D eigenvalue weighted by Crippen LogP contribution is -2.57. The summed E-state index contributed by atoms with van der Waals surface area (Å²) in [7, 11) is 3.80. The lowest BCUT2D eigenvalue weighted by atomic mass is 9.74. The van der Waals surface area contributed by atoms with E-state index in [1.165, 1.54) is 18.5 Å². The molecule has 1 atom stereocenters. The Morgan fingerprint density at radius 1 is 1.55 bits per heavy atom. The molecule has 0 spiro atoms. The number of aromatic nitrogens is 2. The van der Waals surface area contributed by atoms with Gasteiger partial charge in [0.2, 0.25) is 0 Å². The van der Waals surface area contributed by atoms with E-state index in [1.54, 1.807) is 0 Å². The van der Waals surface area contributed by atoms with Crippen molar-refractivity contribution in [1.29, 1.82) is 0 Å². The predicted molar refractivity (Wildman–Crippen MR) is 80.1 cm³/mol. The van der Waals surface area contributed by atoms with E-state index in [1.807, 2.05) is 25.8 Å². The van der Waals surface area contributed by atoms with Crippen molar-refractivity contribution in [3.63, 3.8) is 0 Å². The van der Waals surface area contributed by atoms with Crippen LogP contribution >= 0.6 is 0 Å². The minimum absolute atomic E-state index is 0.120. The van der Waals surface area contributed by atoms with Crippen molar-refractivity contribution < 1.29 is 4.74 Å². The maximum atomic E-state index is 5.93. The quantitative estimate of drug-likeness (QED) is 0.636. The first kappa shape index (κ1) is 15.5. The summed E-state index contributed by atoms with van der Waals surface area (Å²) in [6.45, 7) is 4.33. The Labute approximate surface area is 121 Å². The van der Waals surface area contributed by atoms with E-state index in [9.17, 15) is 0 Å². The molecule has 1 heterocycles. The van der Waals surface area contributed by atoms with Crippen molar-refractivity contribution in [3.05, 3.63) is 17.5 Å². The minimum Gasteiger partial charge on any atom is -0.377 e. The van der Waals surface area contributed by atoms with Gasteiger partial charge in [-0.1, -0.05) is 6.92 Å². The maximum Gasteiger partial charge on any atom is 0.0848 e. The van der Waals surface area contributed by atoms with Gasteiger partial charge in [-0.25, -0.2) is 0 Å². The van der Waals surface area contributed by atoms with E-state index < -0.39 is 0 Å². The third-order valence-corrected chi connectivity index (χ3v) is 4.88. The number of nitrogens with zero attached hydrogens (tertiary/aromatic N) is 2. The molecule has 5 heteroatoms. The lowest BCUT2D eigenvalue weighted by molar-refractivity contribution is -0.0749. The van der Waals surface area contributed by atoms with Gasteiger partial charge in [-0.3, -0.25) is 16.0 Å². The van der Waals surface area contributed by atoms with E-state index in [0.717, 1.165) is 30.9 Å². The molecule has 0 saturated heterocycles. The van der Waals surface area contributed by atoms with Gasteiger partial charge in [0.15, 0.2) is 0 Å². The van der Waals surface area contributed by atoms with Crippen molar-refractivity contribution in [2.24, 2.45) is 18.8 Å². The van der Waals surface area contributed by atoms with Crippen LogP contribution in [0.4, 0.5) is 0 Å². The van der Waals surface area contributed by atoms with Crippen LogP contribution in [0.3, 0.4) is 0 Å². The Bertz CT molecular complexity index is 435. The molecule has 1 saturated carbocycles. The van der Waals surface area contributed by atoms with Crippen LogP contribution in [0.25, 0.3) is 0 Å². The summed E-state index contributed by atoms with van der Waals surface area (Å²) < 4.78 is 7.87. The molecule has 0 amide bonds. The number of hydrogen-bond acceptors (Lipinski definition) is 4. The second-order valence-electron chi connectivity index (χ2n) is 6.28. The third kappa shape index (κ3) is 3.05. The summed E-state index contributed by atoms with van der Waals surface area (Å²) in [4.78, 5) is 0. The molecule has 3 N–H and O–H groups in total. The van der Waals surface area contributed by atoms with Crippen molar-refractivity contribution >= 4 is 0 Å². The fourth-order valence-electron chi connectivity index (χ4n) is 3.41. The number of ether oxygens (including phenoxy) is 1. The topological polar surface area (TPSA) is 65.1 Å². The smallest absolute Gasteiger partial charge is 0.0848 e. The summed E-state index contributed by atoms with van der Waals surface area (Å²) in [6.07, 6.45) is 5.38. The van der Waals surface area contributed by atoms with Gasteiger partial charge < -0.3 is 4.74 Å². The third-order valence-electron chi connectivity index (χ3n) is 4.88. The predicted octanol–water partition coefficient (Wildman–Crippen LogP) is 1.70. The highest BCUT2D eigenvalue weighted by Gasteiger charge is 2.41. The molecule has 2 rings (SSSR count). The van der Waals surface area contributed by atoms with E-state index in [-0.39, 0.29) is 11.6 Å². The summed E-state index contributed by atoms with van der Waals surface area (Å²) in [5, 5.41) is 4.41. The Morgan fingerprint density at radius 3 is 2.65 bits per heavy atom. The molecular weight excluding hydrogens is 252 g/mol. The van der Waals surface area contributed by atoms with Gasteiger partial charge in [0.1, 0.15) is 0 Å². The van der Waals surface area contributed by atoms with E-state index >= 15 is 0 Å². The number of hydrazine groups is 1. The van der Waals surface area contributed by atoms with Crippen LogP contribution in [0.2, 0.25) is 0 Å². The zero-order valence-corrected chi connectivity index (χ0v) is 13.1. The highest BCUT2D eigenvalue weighted by atomic mass is 16.5. The molecule has 1 aromatic heterocycles. The van der Waals surface area contributed by atoms with Gasteiger partial charge in [0.25, 0.3) is 0 Å². The van der Waals surface area contributed by atoms with E-state index in [0.29, 0.717) is 0 Å². The molecule has 114 valence electrons. The number of methoxy groups -OCH3 is 1. The van der Waals surface area contributed by atoms with Crippen LogP contribution in [0, 0.1) is 12.8 Å². The number of aryl methyl sites for hydroxylation is 2. The number of hydrogen-bond donors (Lipinski definition) is 2. The van der Waals surface area contributed by atoms with Crippen molar-refractivity contribution in [3.8, 4) is 0 Å². The van der Waals surface area contributed by atoms with Crippen LogP contribution < -0.4 is 11.3 Å². The highest BCUT2D eigenvalue weighted by molar-refractivity contribution is 5.12. The largest absolute Gasteiger partial charge is 0.377 e. The molecule has 1 aromatic rings. The zero-order chi connectivity index (χ0) is 14.8. The Balaban J connectivity index is 2.15. The van der Waals surface area contributed by atoms with Crippen molar-refractivity contribution in [2.45, 2.75) is 57.6 Å². The molecule has 0 aliphatic heterocycles. The highest BCUT2D eigenvalue weighted by Crippen LogP contribution is 2.37. The van der Waals surface area contributed by atoms with E-state index in [4.69, 9.17) is 10.6 Å². The van der Waals surface area contributed by atoms with Crippen molar-refractivity contribution in [1.82, 2.24) is 15.2 Å². The Hall–Kier alpha value is -0.910. The number of nitrogens with one attached hydrogen (secondary N) is 1. The molecule has 1 aliphatic rings. The molecule has 1 aliphatic carbocycles. The van der Waals surface area contributed by atoms with Crippen molar-refractivity contribution in [2.75, 3.05) is 7.11 Å². The molecule has 1 unspecified atom stereocenters. The van der Waals surface area contributed by atoms with Gasteiger partial charge in [-0.2, -0.15) is 5.10 Å². The molecule has 1 fully saturated rings. The van der Waals surface area contributed by atoms with Gasteiger partial charge in [-0.05, 0) is 44.6 Å². The van der Waals surface area contributed by atoms with E-state index in [2.05, 4.69) is 23.5 Å². The fourth-order valence-corrected chi connectivity index (χ4v) is 3.41. The minimum atomic E-state index is -0.153. The van der Waals surface area contributed by atoms with Crippen LogP contribution in [0.15, 0.2) is 6.07 Å². The first-order valence-corrected chi connectivity index (χ1v) is 7.51. The Morgan fingerprint density at radius 2 is 2.20 bits per heavy atom. The molecule has 0 aromatic carbocycles. The molecule has 20 heavy (non-hydrogen) atoms. The lowest BCUT2D eigenvalue weighted by Gasteiger charge is -2.43. The molecular formula is C15H28N4O.